The lowest BCUT2D eigenvalue weighted by atomic mass is 9.98. The van der Waals surface area contributed by atoms with Crippen molar-refractivity contribution in [1.29, 1.82) is 0 Å². The van der Waals surface area contributed by atoms with Gasteiger partial charge in [0.1, 0.15) is 0 Å². The monoisotopic (exact) mass is 292 g/mol. The Morgan fingerprint density at radius 1 is 1.50 bits per heavy atom. The first-order valence-corrected chi connectivity index (χ1v) is 7.95. The average Bonchev–Trinajstić information content (AvgIpc) is 2.88. The van der Waals surface area contributed by atoms with E-state index in [0.29, 0.717) is 0 Å². The molecular weight excluding hydrogens is 272 g/mol. The van der Waals surface area contributed by atoms with Crippen LogP contribution in [-0.2, 0) is 6.54 Å². The van der Waals surface area contributed by atoms with Crippen LogP contribution in [0.1, 0.15) is 18.5 Å². The third kappa shape index (κ3) is 3.08. The predicted molar refractivity (Wildman–Crippen MR) is 81.3 cm³/mol. The molecule has 1 saturated heterocycles. The van der Waals surface area contributed by atoms with Crippen LogP contribution in [0.4, 0.5) is 0 Å². The van der Waals surface area contributed by atoms with Gasteiger partial charge in [-0.05, 0) is 38.9 Å². The molecule has 6 heteroatoms. The Kier molecular flexibility index (Phi) is 4.14. The molecule has 3 heterocycles. The first kappa shape index (κ1) is 13.7. The Hall–Kier alpha value is -1.24. The van der Waals surface area contributed by atoms with Crippen LogP contribution in [0, 0.1) is 5.92 Å². The van der Waals surface area contributed by atoms with Gasteiger partial charge in [-0.1, -0.05) is 0 Å². The lowest BCUT2D eigenvalue weighted by molar-refractivity contribution is 0.233. The van der Waals surface area contributed by atoms with Crippen LogP contribution in [0.25, 0.3) is 4.96 Å². The summed E-state index contributed by atoms with van der Waals surface area (Å²) >= 11 is 1.50. The van der Waals surface area contributed by atoms with Gasteiger partial charge in [0.25, 0.3) is 5.56 Å². The predicted octanol–water partition coefficient (Wildman–Crippen LogP) is 1.19. The molecule has 0 radical (unpaired) electrons. The molecule has 108 valence electrons. The number of rotatable bonds is 4. The molecule has 1 N–H and O–H groups in total. The Morgan fingerprint density at radius 2 is 2.30 bits per heavy atom. The van der Waals surface area contributed by atoms with E-state index in [0.717, 1.165) is 42.8 Å². The number of hydrogen-bond donors (Lipinski definition) is 1. The third-order valence-electron chi connectivity index (χ3n) is 3.82. The minimum atomic E-state index is 0.0153. The van der Waals surface area contributed by atoms with Crippen LogP contribution in [0.5, 0.6) is 0 Å². The third-order valence-corrected chi connectivity index (χ3v) is 4.57. The molecule has 1 fully saturated rings. The summed E-state index contributed by atoms with van der Waals surface area (Å²) in [6.07, 6.45) is 4.26. The van der Waals surface area contributed by atoms with Gasteiger partial charge in [-0.15, -0.1) is 11.3 Å². The Balaban J connectivity index is 1.67. The molecule has 1 aliphatic heterocycles. The summed E-state index contributed by atoms with van der Waals surface area (Å²) < 4.78 is 1.60. The molecule has 0 amide bonds. The van der Waals surface area contributed by atoms with Crippen LogP contribution < -0.4 is 10.9 Å². The van der Waals surface area contributed by atoms with Gasteiger partial charge in [0.2, 0.25) is 0 Å². The highest BCUT2D eigenvalue weighted by Gasteiger charge is 2.15. The van der Waals surface area contributed by atoms with Gasteiger partial charge in [0.15, 0.2) is 4.96 Å². The van der Waals surface area contributed by atoms with Crippen LogP contribution in [0.2, 0.25) is 0 Å². The Morgan fingerprint density at radius 3 is 3.10 bits per heavy atom. The fourth-order valence-electron chi connectivity index (χ4n) is 2.81. The molecule has 0 aromatic carbocycles. The smallest absolute Gasteiger partial charge is 0.258 e. The molecule has 5 nitrogen and oxygen atoms in total. The van der Waals surface area contributed by atoms with Crippen molar-refractivity contribution in [3.05, 3.63) is 33.7 Å². The molecule has 3 rings (SSSR count). The summed E-state index contributed by atoms with van der Waals surface area (Å²) in [4.78, 5) is 19.6. The number of nitrogens with zero attached hydrogens (tertiary/aromatic N) is 3. The van der Waals surface area contributed by atoms with E-state index in [1.807, 2.05) is 5.38 Å². The van der Waals surface area contributed by atoms with Gasteiger partial charge in [0, 0.05) is 30.7 Å². The molecule has 1 aliphatic rings. The van der Waals surface area contributed by atoms with E-state index in [-0.39, 0.29) is 5.56 Å². The standard InChI is InChI=1S/C14H20N4OS/c1-17(9-11-2-4-15-5-3-11)10-12-8-13(19)18-6-7-20-14(18)16-12/h6-8,11,15H,2-5,9-10H2,1H3. The van der Waals surface area contributed by atoms with Gasteiger partial charge >= 0.3 is 0 Å². The second-order valence-corrected chi connectivity index (χ2v) is 6.40. The van der Waals surface area contributed by atoms with E-state index in [1.165, 1.54) is 24.2 Å². The first-order chi connectivity index (χ1) is 9.72. The van der Waals surface area contributed by atoms with Crippen molar-refractivity contribution in [2.45, 2.75) is 19.4 Å². The maximum atomic E-state index is 11.9. The number of hydrogen-bond acceptors (Lipinski definition) is 5. The van der Waals surface area contributed by atoms with Gasteiger partial charge in [-0.2, -0.15) is 0 Å². The number of fused-ring (bicyclic) bond motifs is 1. The minimum Gasteiger partial charge on any atom is -0.317 e. The van der Waals surface area contributed by atoms with Gasteiger partial charge < -0.3 is 10.2 Å². The molecule has 0 bridgehead atoms. The van der Waals surface area contributed by atoms with Crippen molar-refractivity contribution in [3.63, 3.8) is 0 Å². The fourth-order valence-corrected chi connectivity index (χ4v) is 3.55. The fraction of sp³-hybridized carbons (Fsp3) is 0.571. The van der Waals surface area contributed by atoms with E-state index in [2.05, 4.69) is 22.2 Å². The second-order valence-electron chi connectivity index (χ2n) is 5.53. The van der Waals surface area contributed by atoms with Crippen LogP contribution in [-0.4, -0.2) is 41.0 Å². The maximum absolute atomic E-state index is 11.9. The van der Waals surface area contributed by atoms with Crippen LogP contribution in [0.15, 0.2) is 22.4 Å². The largest absolute Gasteiger partial charge is 0.317 e. The normalized spacial score (nSPS) is 17.1. The first-order valence-electron chi connectivity index (χ1n) is 7.07. The van der Waals surface area contributed by atoms with Gasteiger partial charge in [-0.25, -0.2) is 4.98 Å². The van der Waals surface area contributed by atoms with Gasteiger partial charge in [-0.3, -0.25) is 9.20 Å². The van der Waals surface area contributed by atoms with Crippen molar-refractivity contribution in [2.75, 3.05) is 26.7 Å². The molecule has 2 aromatic rings. The quantitative estimate of drug-likeness (QED) is 0.919. The molecule has 2 aromatic heterocycles. The maximum Gasteiger partial charge on any atom is 0.258 e. The zero-order valence-corrected chi connectivity index (χ0v) is 12.5. The summed E-state index contributed by atoms with van der Waals surface area (Å²) in [5, 5.41) is 5.28. The van der Waals surface area contributed by atoms with E-state index >= 15 is 0 Å². The highest BCUT2D eigenvalue weighted by molar-refractivity contribution is 7.15. The molecule has 0 spiro atoms. The summed E-state index contributed by atoms with van der Waals surface area (Å²) in [5.74, 6) is 0.757. The van der Waals surface area contributed by atoms with Crippen molar-refractivity contribution in [1.82, 2.24) is 19.6 Å². The van der Waals surface area contributed by atoms with E-state index < -0.39 is 0 Å². The summed E-state index contributed by atoms with van der Waals surface area (Å²) in [5.41, 5.74) is 0.885. The Bertz CT molecular complexity index is 629. The van der Waals surface area contributed by atoms with Crippen molar-refractivity contribution >= 4 is 16.3 Å². The molecule has 0 atom stereocenters. The summed E-state index contributed by atoms with van der Waals surface area (Å²) in [7, 11) is 2.11. The van der Waals surface area contributed by atoms with E-state index in [9.17, 15) is 4.79 Å². The number of thiazole rings is 1. The molecule has 0 unspecified atom stereocenters. The number of nitrogens with one attached hydrogen (secondary N) is 1. The topological polar surface area (TPSA) is 49.6 Å². The van der Waals surface area contributed by atoms with E-state index in [1.54, 1.807) is 16.7 Å². The molecular formula is C14H20N4OS. The van der Waals surface area contributed by atoms with Crippen molar-refractivity contribution in [3.8, 4) is 0 Å². The van der Waals surface area contributed by atoms with E-state index in [4.69, 9.17) is 0 Å². The van der Waals surface area contributed by atoms with Crippen LogP contribution >= 0.6 is 11.3 Å². The highest BCUT2D eigenvalue weighted by atomic mass is 32.1. The highest BCUT2D eigenvalue weighted by Crippen LogP contribution is 2.14. The molecule has 0 aliphatic carbocycles. The second kappa shape index (κ2) is 6.03. The lowest BCUT2D eigenvalue weighted by Crippen LogP contribution is -2.34. The SMILES string of the molecule is CN(Cc1cc(=O)n2ccsc2n1)CC1CCNCC1. The number of aromatic nitrogens is 2. The average molecular weight is 292 g/mol. The summed E-state index contributed by atoms with van der Waals surface area (Å²) in [6.45, 7) is 4.07. The lowest BCUT2D eigenvalue weighted by Gasteiger charge is -2.27. The number of piperidine rings is 1. The minimum absolute atomic E-state index is 0.0153. The zero-order chi connectivity index (χ0) is 13.9. The molecule has 20 heavy (non-hydrogen) atoms. The Labute approximate surface area is 122 Å². The van der Waals surface area contributed by atoms with Crippen LogP contribution in [0.3, 0.4) is 0 Å². The van der Waals surface area contributed by atoms with Crippen molar-refractivity contribution in [2.24, 2.45) is 5.92 Å². The van der Waals surface area contributed by atoms with Gasteiger partial charge in [0.05, 0.1) is 5.69 Å². The summed E-state index contributed by atoms with van der Waals surface area (Å²) in [6, 6.07) is 1.65. The zero-order valence-electron chi connectivity index (χ0n) is 11.7. The van der Waals surface area contributed by atoms with Crippen molar-refractivity contribution < 1.29 is 0 Å². The molecule has 0 saturated carbocycles.